The van der Waals surface area contributed by atoms with Crippen molar-refractivity contribution in [2.75, 3.05) is 19.0 Å². The van der Waals surface area contributed by atoms with Crippen molar-refractivity contribution in [1.29, 1.82) is 5.26 Å². The van der Waals surface area contributed by atoms with Gasteiger partial charge < -0.3 is 15.4 Å². The zero-order valence-corrected chi connectivity index (χ0v) is 24.0. The van der Waals surface area contributed by atoms with E-state index in [4.69, 9.17) is 4.74 Å². The van der Waals surface area contributed by atoms with Gasteiger partial charge in [-0.25, -0.2) is 9.07 Å². The van der Waals surface area contributed by atoms with Crippen molar-refractivity contribution in [3.05, 3.63) is 119 Å². The van der Waals surface area contributed by atoms with Gasteiger partial charge in [0.2, 0.25) is 0 Å². The zero-order valence-electron chi connectivity index (χ0n) is 24.0. The van der Waals surface area contributed by atoms with Crippen LogP contribution in [0.15, 0.2) is 84.9 Å². The van der Waals surface area contributed by atoms with E-state index in [0.29, 0.717) is 29.8 Å². The summed E-state index contributed by atoms with van der Waals surface area (Å²) in [6, 6.07) is 23.6. The van der Waals surface area contributed by atoms with Crippen molar-refractivity contribution in [2.24, 2.45) is 5.92 Å². The summed E-state index contributed by atoms with van der Waals surface area (Å²) in [6.07, 6.45) is -2.65. The van der Waals surface area contributed by atoms with Crippen molar-refractivity contribution in [2.45, 2.75) is 25.1 Å². The first-order valence-electron chi connectivity index (χ1n) is 14.2. The number of nitrogens with zero attached hydrogens (tertiary/aromatic N) is 3. The van der Waals surface area contributed by atoms with E-state index in [2.05, 4.69) is 15.7 Å². The van der Waals surface area contributed by atoms with Crippen molar-refractivity contribution in [1.82, 2.24) is 15.1 Å². The van der Waals surface area contributed by atoms with Gasteiger partial charge in [0.15, 0.2) is 5.69 Å². The van der Waals surface area contributed by atoms with Gasteiger partial charge in [-0.1, -0.05) is 42.5 Å². The molecule has 1 aliphatic rings. The van der Waals surface area contributed by atoms with Crippen LogP contribution in [0.3, 0.4) is 0 Å². The van der Waals surface area contributed by atoms with Crippen LogP contribution in [-0.4, -0.2) is 29.3 Å². The molecule has 2 N–H and O–H groups in total. The number of anilines is 1. The monoisotopic (exact) mass is 613 g/mol. The van der Waals surface area contributed by atoms with Crippen LogP contribution in [0, 0.1) is 23.1 Å². The number of carbonyl (C=O) groups is 1. The number of hydrogen-bond acceptors (Lipinski definition) is 5. The van der Waals surface area contributed by atoms with Crippen LogP contribution in [0.2, 0.25) is 0 Å². The Kier molecular flexibility index (Phi) is 7.99. The Morgan fingerprint density at radius 3 is 2.60 bits per heavy atom. The van der Waals surface area contributed by atoms with Crippen molar-refractivity contribution >= 4 is 22.4 Å². The van der Waals surface area contributed by atoms with E-state index < -0.39 is 35.3 Å². The number of alkyl halides is 3. The first-order chi connectivity index (χ1) is 21.7. The highest BCUT2D eigenvalue weighted by molar-refractivity contribution is 6.03. The summed E-state index contributed by atoms with van der Waals surface area (Å²) < 4.78 is 62.8. The highest BCUT2D eigenvalue weighted by Gasteiger charge is 2.36. The van der Waals surface area contributed by atoms with Gasteiger partial charge in [-0.05, 0) is 78.0 Å². The Hall–Kier alpha value is -5.21. The fourth-order valence-corrected chi connectivity index (χ4v) is 5.33. The maximum Gasteiger partial charge on any atom is 0.435 e. The number of ether oxygens (including phenoxy) is 1. The summed E-state index contributed by atoms with van der Waals surface area (Å²) in [5.74, 6) is -0.649. The smallest absolute Gasteiger partial charge is 0.435 e. The van der Waals surface area contributed by atoms with Crippen molar-refractivity contribution in [3.63, 3.8) is 0 Å². The van der Waals surface area contributed by atoms with E-state index in [1.807, 2.05) is 42.5 Å². The zero-order chi connectivity index (χ0) is 31.7. The Balaban J connectivity index is 1.40. The predicted molar refractivity (Wildman–Crippen MR) is 161 cm³/mol. The van der Waals surface area contributed by atoms with E-state index in [1.54, 1.807) is 13.2 Å². The van der Waals surface area contributed by atoms with Gasteiger partial charge in [0.05, 0.1) is 36.2 Å². The molecular weight excluding hydrogens is 586 g/mol. The lowest BCUT2D eigenvalue weighted by molar-refractivity contribution is -0.141. The molecule has 1 fully saturated rings. The van der Waals surface area contributed by atoms with E-state index in [9.17, 15) is 23.2 Å². The van der Waals surface area contributed by atoms with Crippen LogP contribution in [-0.2, 0) is 6.18 Å². The highest BCUT2D eigenvalue weighted by atomic mass is 19.4. The van der Waals surface area contributed by atoms with Crippen LogP contribution in [0.5, 0.6) is 5.75 Å². The topological polar surface area (TPSA) is 92.0 Å². The molecule has 6 rings (SSSR count). The molecule has 1 heterocycles. The van der Waals surface area contributed by atoms with E-state index in [0.717, 1.165) is 33.9 Å². The number of methoxy groups -OCH3 is 1. The average molecular weight is 614 g/mol. The molecule has 4 aromatic carbocycles. The van der Waals surface area contributed by atoms with Gasteiger partial charge in [0.1, 0.15) is 17.3 Å². The predicted octanol–water partition coefficient (Wildman–Crippen LogP) is 7.40. The lowest BCUT2D eigenvalue weighted by Crippen LogP contribution is -2.26. The van der Waals surface area contributed by atoms with E-state index >= 15 is 4.39 Å². The Labute approximate surface area is 256 Å². The van der Waals surface area contributed by atoms with Gasteiger partial charge in [-0.2, -0.15) is 23.5 Å². The molecule has 7 nitrogen and oxygen atoms in total. The Bertz CT molecular complexity index is 1940. The molecule has 228 valence electrons. The number of benzene rings is 4. The highest BCUT2D eigenvalue weighted by Crippen LogP contribution is 2.39. The summed E-state index contributed by atoms with van der Waals surface area (Å²) >= 11 is 0. The minimum Gasteiger partial charge on any atom is -0.496 e. The third kappa shape index (κ3) is 6.23. The maximum absolute atomic E-state index is 15.3. The summed E-state index contributed by atoms with van der Waals surface area (Å²) in [4.78, 5) is 13.5. The normalized spacial score (nSPS) is 13.8. The molecule has 1 aliphatic carbocycles. The molecule has 0 bridgehead atoms. The second-order valence-corrected chi connectivity index (χ2v) is 10.9. The molecule has 5 aromatic rings. The molecule has 0 spiro atoms. The van der Waals surface area contributed by atoms with Crippen molar-refractivity contribution < 1.29 is 27.1 Å². The summed E-state index contributed by atoms with van der Waals surface area (Å²) in [5.41, 5.74) is -0.329. The number of fused-ring (bicyclic) bond motifs is 1. The van der Waals surface area contributed by atoms with Crippen LogP contribution in [0.25, 0.3) is 16.5 Å². The number of carbonyl (C=O) groups excluding carboxylic acids is 1. The minimum atomic E-state index is -4.85. The molecular formula is C34H27F4N5O2. The van der Waals surface area contributed by atoms with Gasteiger partial charge >= 0.3 is 6.18 Å². The number of hydrogen-bond donors (Lipinski definition) is 2. The third-order valence-electron chi connectivity index (χ3n) is 7.77. The lowest BCUT2D eigenvalue weighted by Gasteiger charge is -2.24. The number of halogens is 4. The minimum absolute atomic E-state index is 0.0660. The molecule has 1 atom stereocenters. The SMILES string of the molecule is COc1ccc2ccccc2c1C(NCC1CC1)c1ccc(F)c(NC(=O)c2cc(C(F)(F)F)nn2-c2cccc(C#N)c2)c1. The van der Waals surface area contributed by atoms with E-state index in [1.165, 1.54) is 36.4 Å². The fourth-order valence-electron chi connectivity index (χ4n) is 5.33. The van der Waals surface area contributed by atoms with E-state index in [-0.39, 0.29) is 16.9 Å². The summed E-state index contributed by atoms with van der Waals surface area (Å²) in [5, 5.41) is 20.8. The molecule has 1 amide bonds. The number of nitrogens with one attached hydrogen (secondary N) is 2. The second-order valence-electron chi connectivity index (χ2n) is 10.9. The molecule has 0 saturated heterocycles. The molecule has 1 unspecified atom stereocenters. The van der Waals surface area contributed by atoms with Crippen LogP contribution < -0.4 is 15.4 Å². The van der Waals surface area contributed by atoms with Crippen LogP contribution in [0.4, 0.5) is 23.2 Å². The van der Waals surface area contributed by atoms with Crippen LogP contribution >= 0.6 is 0 Å². The van der Waals surface area contributed by atoms with Crippen molar-refractivity contribution in [3.8, 4) is 17.5 Å². The van der Waals surface area contributed by atoms with Gasteiger partial charge in [0, 0.05) is 11.6 Å². The van der Waals surface area contributed by atoms with Gasteiger partial charge in [0.25, 0.3) is 5.91 Å². The first-order valence-corrected chi connectivity index (χ1v) is 14.2. The molecule has 0 aliphatic heterocycles. The van der Waals surface area contributed by atoms with Gasteiger partial charge in [-0.15, -0.1) is 0 Å². The molecule has 45 heavy (non-hydrogen) atoms. The molecule has 1 aromatic heterocycles. The number of amides is 1. The molecule has 1 saturated carbocycles. The molecule has 0 radical (unpaired) electrons. The summed E-state index contributed by atoms with van der Waals surface area (Å²) in [7, 11) is 1.58. The summed E-state index contributed by atoms with van der Waals surface area (Å²) in [6.45, 7) is 0.706. The average Bonchev–Trinajstić information content (AvgIpc) is 3.75. The van der Waals surface area contributed by atoms with Gasteiger partial charge in [-0.3, -0.25) is 4.79 Å². The second kappa shape index (κ2) is 12.1. The van der Waals surface area contributed by atoms with Crippen LogP contribution in [0.1, 0.15) is 51.8 Å². The quantitative estimate of drug-likeness (QED) is 0.169. The standard InChI is InChI=1S/C34H27F4N5O2/c1-45-29-14-12-22-6-2-3-8-25(22)31(29)32(40-19-20-9-10-20)23-11-13-26(35)27(16-23)41-33(44)28-17-30(34(36,37)38)42-43(28)24-7-4-5-21(15-24)18-39/h2-8,11-17,20,32,40H,9-10,19H2,1H3,(H,41,44). The largest absolute Gasteiger partial charge is 0.496 e. The Morgan fingerprint density at radius 2 is 1.87 bits per heavy atom. The first kappa shape index (κ1) is 29.8. The lowest BCUT2D eigenvalue weighted by atomic mass is 9.92. The maximum atomic E-state index is 15.3. The molecule has 11 heteroatoms. The number of nitriles is 1. The Morgan fingerprint density at radius 1 is 1.07 bits per heavy atom. The third-order valence-corrected chi connectivity index (χ3v) is 7.77. The fraction of sp³-hybridized carbons (Fsp3) is 0.206. The number of rotatable bonds is 9. The number of aromatic nitrogens is 2.